The quantitative estimate of drug-likeness (QED) is 0.579. The van der Waals surface area contributed by atoms with Crippen molar-refractivity contribution in [3.05, 3.63) is 70.6 Å². The molecule has 168 valence electrons. The van der Waals surface area contributed by atoms with Crippen LogP contribution in [0.25, 0.3) is 5.69 Å². The summed E-state index contributed by atoms with van der Waals surface area (Å²) in [5.41, 5.74) is 1.34. The van der Waals surface area contributed by atoms with Crippen molar-refractivity contribution in [2.45, 2.75) is 26.2 Å². The molecule has 0 radical (unpaired) electrons. The zero-order chi connectivity index (χ0) is 23.6. The Morgan fingerprint density at radius 2 is 1.84 bits per heavy atom. The Kier molecular flexibility index (Phi) is 6.55. The summed E-state index contributed by atoms with van der Waals surface area (Å²) in [5.74, 6) is -0.765. The van der Waals surface area contributed by atoms with E-state index < -0.39 is 17.8 Å². The van der Waals surface area contributed by atoms with E-state index in [1.54, 1.807) is 29.9 Å². The fraction of sp³-hybridized carbons (Fsp3) is 0.261. The summed E-state index contributed by atoms with van der Waals surface area (Å²) in [5, 5.41) is 10.3. The number of amides is 3. The lowest BCUT2D eigenvalue weighted by atomic mass is 9.92. The monoisotopic (exact) mass is 457 g/mol. The molecule has 7 nitrogen and oxygen atoms in total. The van der Waals surface area contributed by atoms with E-state index in [2.05, 4.69) is 15.7 Å². The van der Waals surface area contributed by atoms with E-state index in [9.17, 15) is 14.0 Å². The van der Waals surface area contributed by atoms with Gasteiger partial charge in [-0.3, -0.25) is 9.69 Å². The van der Waals surface area contributed by atoms with Gasteiger partial charge in [-0.25, -0.2) is 13.9 Å². The Balaban J connectivity index is 1.93. The smallest absolute Gasteiger partial charge is 0.327 e. The normalized spacial score (nSPS) is 11.2. The van der Waals surface area contributed by atoms with E-state index in [0.29, 0.717) is 16.5 Å². The van der Waals surface area contributed by atoms with Gasteiger partial charge in [0.05, 0.1) is 16.9 Å². The first-order valence-electron chi connectivity index (χ1n) is 9.94. The summed E-state index contributed by atoms with van der Waals surface area (Å²) >= 11 is 6.16. The first-order valence-corrected chi connectivity index (χ1v) is 10.3. The van der Waals surface area contributed by atoms with E-state index in [1.807, 2.05) is 32.9 Å². The van der Waals surface area contributed by atoms with Gasteiger partial charge in [0.2, 0.25) is 0 Å². The fourth-order valence-electron chi connectivity index (χ4n) is 3.00. The number of benzene rings is 2. The van der Waals surface area contributed by atoms with E-state index in [1.165, 1.54) is 24.1 Å². The first kappa shape index (κ1) is 23.3. The van der Waals surface area contributed by atoms with Gasteiger partial charge >= 0.3 is 6.03 Å². The molecule has 1 aromatic heterocycles. The molecule has 2 N–H and O–H groups in total. The molecule has 3 aromatic rings. The summed E-state index contributed by atoms with van der Waals surface area (Å²) in [4.78, 5) is 26.0. The maximum atomic E-state index is 14.3. The lowest BCUT2D eigenvalue weighted by molar-refractivity contribution is 0.0959. The van der Waals surface area contributed by atoms with Gasteiger partial charge in [-0.2, -0.15) is 5.10 Å². The number of nitrogens with zero attached hydrogens (tertiary/aromatic N) is 3. The number of halogens is 2. The third-order valence-corrected chi connectivity index (χ3v) is 5.09. The Morgan fingerprint density at radius 3 is 2.44 bits per heavy atom. The minimum Gasteiger partial charge on any atom is -0.355 e. The summed E-state index contributed by atoms with van der Waals surface area (Å²) in [7, 11) is 3.01. The number of hydrogen-bond acceptors (Lipinski definition) is 3. The number of rotatable bonds is 4. The van der Waals surface area contributed by atoms with E-state index in [4.69, 9.17) is 11.6 Å². The van der Waals surface area contributed by atoms with Crippen LogP contribution in [0.3, 0.4) is 0 Å². The standard InChI is InChI=1S/C23H25ClFN5O2/c1-23(2,3)19-13-20(30(28-19)16-8-6-7-14(24)11-16)29(5)22(32)27-15-9-10-17(18(25)12-15)21(31)26-4/h6-13H,1-5H3,(H,26,31)(H,27,32). The number of hydrogen-bond donors (Lipinski definition) is 2. The average molecular weight is 458 g/mol. The van der Waals surface area contributed by atoms with Gasteiger partial charge in [-0.15, -0.1) is 0 Å². The maximum absolute atomic E-state index is 14.3. The number of urea groups is 1. The van der Waals surface area contributed by atoms with Crippen LogP contribution in [0.2, 0.25) is 5.02 Å². The molecule has 2 aromatic carbocycles. The lowest BCUT2D eigenvalue weighted by Crippen LogP contribution is -2.32. The van der Waals surface area contributed by atoms with Crippen molar-refractivity contribution in [1.29, 1.82) is 0 Å². The second-order valence-corrected chi connectivity index (χ2v) is 8.73. The van der Waals surface area contributed by atoms with Gasteiger partial charge in [-0.05, 0) is 36.4 Å². The van der Waals surface area contributed by atoms with Gasteiger partial charge < -0.3 is 10.6 Å². The van der Waals surface area contributed by atoms with Gasteiger partial charge in [-0.1, -0.05) is 38.4 Å². The van der Waals surface area contributed by atoms with Crippen LogP contribution >= 0.6 is 11.6 Å². The molecule has 3 rings (SSSR count). The molecular formula is C23H25ClFN5O2. The molecule has 0 spiro atoms. The van der Waals surface area contributed by atoms with Crippen molar-refractivity contribution in [3.63, 3.8) is 0 Å². The minimum atomic E-state index is -0.733. The Bertz CT molecular complexity index is 1170. The van der Waals surface area contributed by atoms with Crippen LogP contribution in [0.5, 0.6) is 0 Å². The molecule has 3 amide bonds. The topological polar surface area (TPSA) is 79.3 Å². The zero-order valence-corrected chi connectivity index (χ0v) is 19.3. The van der Waals surface area contributed by atoms with Crippen molar-refractivity contribution >= 4 is 35.0 Å². The third kappa shape index (κ3) is 4.91. The third-order valence-electron chi connectivity index (χ3n) is 4.85. The molecule has 0 bridgehead atoms. The second kappa shape index (κ2) is 9.00. The number of carbonyl (C=O) groups is 2. The van der Waals surface area contributed by atoms with E-state index in [0.717, 1.165) is 11.8 Å². The van der Waals surface area contributed by atoms with Crippen LogP contribution in [-0.2, 0) is 5.41 Å². The lowest BCUT2D eigenvalue weighted by Gasteiger charge is -2.19. The molecule has 0 saturated heterocycles. The number of carbonyl (C=O) groups excluding carboxylic acids is 2. The number of nitrogens with one attached hydrogen (secondary N) is 2. The highest BCUT2D eigenvalue weighted by molar-refractivity contribution is 6.30. The molecule has 0 aliphatic carbocycles. The second-order valence-electron chi connectivity index (χ2n) is 8.29. The van der Waals surface area contributed by atoms with Crippen LogP contribution in [0.4, 0.5) is 20.7 Å². The Morgan fingerprint density at radius 1 is 1.12 bits per heavy atom. The molecule has 0 fully saturated rings. The van der Waals surface area contributed by atoms with Crippen molar-refractivity contribution < 1.29 is 14.0 Å². The van der Waals surface area contributed by atoms with E-state index in [-0.39, 0.29) is 16.7 Å². The summed E-state index contributed by atoms with van der Waals surface area (Å²) in [6, 6.07) is 12.4. The maximum Gasteiger partial charge on any atom is 0.327 e. The highest BCUT2D eigenvalue weighted by atomic mass is 35.5. The summed E-state index contributed by atoms with van der Waals surface area (Å²) in [6.07, 6.45) is 0. The SMILES string of the molecule is CNC(=O)c1ccc(NC(=O)N(C)c2cc(C(C)(C)C)nn2-c2cccc(Cl)c2)cc1F. The van der Waals surface area contributed by atoms with Gasteiger partial charge in [0, 0.05) is 36.3 Å². The largest absolute Gasteiger partial charge is 0.355 e. The molecule has 0 unspecified atom stereocenters. The van der Waals surface area contributed by atoms with Crippen LogP contribution in [0.1, 0.15) is 36.8 Å². The molecule has 0 atom stereocenters. The van der Waals surface area contributed by atoms with Gasteiger partial charge in [0.1, 0.15) is 11.6 Å². The predicted octanol–water partition coefficient (Wildman–Crippen LogP) is 4.99. The molecule has 9 heteroatoms. The average Bonchev–Trinajstić information content (AvgIpc) is 3.19. The Labute approximate surface area is 191 Å². The highest BCUT2D eigenvalue weighted by Gasteiger charge is 2.25. The van der Waals surface area contributed by atoms with Crippen molar-refractivity contribution in [3.8, 4) is 5.69 Å². The molecular weight excluding hydrogens is 433 g/mol. The highest BCUT2D eigenvalue weighted by Crippen LogP contribution is 2.29. The molecule has 0 aliphatic heterocycles. The predicted molar refractivity (Wildman–Crippen MR) is 124 cm³/mol. The molecule has 1 heterocycles. The van der Waals surface area contributed by atoms with Gasteiger partial charge in [0.15, 0.2) is 0 Å². The first-order chi connectivity index (χ1) is 15.0. The minimum absolute atomic E-state index is 0.104. The zero-order valence-electron chi connectivity index (χ0n) is 18.5. The van der Waals surface area contributed by atoms with Gasteiger partial charge in [0.25, 0.3) is 5.91 Å². The van der Waals surface area contributed by atoms with Crippen molar-refractivity contribution in [1.82, 2.24) is 15.1 Å². The fourth-order valence-corrected chi connectivity index (χ4v) is 3.18. The van der Waals surface area contributed by atoms with Crippen molar-refractivity contribution in [2.24, 2.45) is 0 Å². The molecule has 0 saturated carbocycles. The number of anilines is 2. The van der Waals surface area contributed by atoms with Crippen LogP contribution in [0, 0.1) is 5.82 Å². The summed E-state index contributed by atoms with van der Waals surface area (Å²) in [6.45, 7) is 6.08. The molecule has 0 aliphatic rings. The Hall–Kier alpha value is -3.39. The molecule has 32 heavy (non-hydrogen) atoms. The van der Waals surface area contributed by atoms with E-state index >= 15 is 0 Å². The van der Waals surface area contributed by atoms with Crippen LogP contribution < -0.4 is 15.5 Å². The van der Waals surface area contributed by atoms with Crippen LogP contribution in [0.15, 0.2) is 48.5 Å². The number of aromatic nitrogens is 2. The summed E-state index contributed by atoms with van der Waals surface area (Å²) < 4.78 is 15.9. The van der Waals surface area contributed by atoms with Crippen LogP contribution in [-0.4, -0.2) is 35.8 Å². The van der Waals surface area contributed by atoms with Crippen molar-refractivity contribution in [2.75, 3.05) is 24.3 Å².